The number of halogens is 2. The molecule has 6 rings (SSSR count). The summed E-state index contributed by atoms with van der Waals surface area (Å²) in [5.41, 5.74) is 2.11. The highest BCUT2D eigenvalue weighted by Crippen LogP contribution is 2.39. The number of ketones is 1. The molecule has 1 atom stereocenters. The minimum atomic E-state index is -0.888. The van der Waals surface area contributed by atoms with Crippen LogP contribution in [0.4, 0.5) is 14.5 Å². The monoisotopic (exact) mass is 544 g/mol. The molecule has 1 amide bonds. The summed E-state index contributed by atoms with van der Waals surface area (Å²) in [4.78, 5) is 36.8. The Morgan fingerprint density at radius 3 is 2.69 bits per heavy atom. The highest BCUT2D eigenvalue weighted by atomic mass is 32.1. The third-order valence-electron chi connectivity index (χ3n) is 6.67. The molecule has 4 heterocycles. The van der Waals surface area contributed by atoms with Crippen LogP contribution in [0, 0.1) is 17.6 Å². The van der Waals surface area contributed by atoms with Crippen LogP contribution in [0.15, 0.2) is 73.3 Å². The fraction of sp³-hybridized carbons (Fsp3) is 0.172. The standard InChI is InChI=1S/C29H22F2N4O3S/c1-34-15-22(33-16-34)27-14-21-28(39-27)26(8-10-32-21)38-25-7-6-17(12-20(25)31)13-24(36)18-9-11-35(29(18)37)23-5-3-2-4-19(23)30/h2-8,10,12,14-16,18H,9,11,13H2,1H3. The SMILES string of the molecule is Cn1cnc(-c2cc3nccc(Oc4ccc(CC(=O)C5CCN(c6ccccc6F)C5=O)cc4F)c3s2)c1. The lowest BCUT2D eigenvalue weighted by Gasteiger charge is -2.17. The number of fused-ring (bicyclic) bond motifs is 1. The second-order valence-electron chi connectivity index (χ2n) is 9.35. The number of anilines is 1. The fourth-order valence-corrected chi connectivity index (χ4v) is 5.76. The van der Waals surface area contributed by atoms with Crippen LogP contribution in [0.5, 0.6) is 11.5 Å². The zero-order valence-corrected chi connectivity index (χ0v) is 21.6. The number of aromatic nitrogens is 3. The van der Waals surface area contributed by atoms with Crippen molar-refractivity contribution in [2.24, 2.45) is 13.0 Å². The third kappa shape index (κ3) is 4.79. The number of carbonyl (C=O) groups excluding carboxylic acids is 2. The number of Topliss-reactive ketones (excluding diaryl/α,β-unsaturated/α-hetero) is 1. The molecular weight excluding hydrogens is 522 g/mol. The lowest BCUT2D eigenvalue weighted by Crippen LogP contribution is -2.31. The minimum Gasteiger partial charge on any atom is -0.453 e. The van der Waals surface area contributed by atoms with Gasteiger partial charge in [-0.15, -0.1) is 11.3 Å². The number of carbonyl (C=O) groups is 2. The summed E-state index contributed by atoms with van der Waals surface area (Å²) in [5, 5.41) is 0. The van der Waals surface area contributed by atoms with Crippen molar-refractivity contribution in [2.45, 2.75) is 12.8 Å². The van der Waals surface area contributed by atoms with E-state index in [1.54, 1.807) is 36.8 Å². The molecule has 0 radical (unpaired) electrons. The first-order chi connectivity index (χ1) is 18.9. The van der Waals surface area contributed by atoms with E-state index in [0.29, 0.717) is 16.8 Å². The summed E-state index contributed by atoms with van der Waals surface area (Å²) in [6, 6.07) is 13.9. The van der Waals surface area contributed by atoms with Crippen molar-refractivity contribution in [3.8, 4) is 22.1 Å². The number of nitrogens with zero attached hydrogens (tertiary/aromatic N) is 4. The topological polar surface area (TPSA) is 77.3 Å². The number of benzene rings is 2. The Kier molecular flexibility index (Phi) is 6.40. The minimum absolute atomic E-state index is 0.00848. The molecule has 10 heteroatoms. The van der Waals surface area contributed by atoms with Gasteiger partial charge in [0.15, 0.2) is 11.6 Å². The zero-order valence-electron chi connectivity index (χ0n) is 20.8. The Labute approximate surface area is 226 Å². The molecule has 1 aliphatic rings. The van der Waals surface area contributed by atoms with Gasteiger partial charge in [-0.3, -0.25) is 14.6 Å². The van der Waals surface area contributed by atoms with E-state index in [0.717, 1.165) is 15.3 Å². The quantitative estimate of drug-likeness (QED) is 0.237. The molecule has 1 fully saturated rings. The smallest absolute Gasteiger partial charge is 0.237 e. The Balaban J connectivity index is 1.17. The van der Waals surface area contributed by atoms with E-state index >= 15 is 4.39 Å². The molecule has 0 N–H and O–H groups in total. The lowest BCUT2D eigenvalue weighted by atomic mass is 9.96. The number of amides is 1. The van der Waals surface area contributed by atoms with Gasteiger partial charge >= 0.3 is 0 Å². The predicted molar refractivity (Wildman–Crippen MR) is 144 cm³/mol. The summed E-state index contributed by atoms with van der Waals surface area (Å²) in [6.45, 7) is 0.252. The van der Waals surface area contributed by atoms with Gasteiger partial charge < -0.3 is 14.2 Å². The Bertz CT molecular complexity index is 1730. The van der Waals surface area contributed by atoms with E-state index in [1.165, 1.54) is 40.5 Å². The van der Waals surface area contributed by atoms with Crippen LogP contribution >= 0.6 is 11.3 Å². The number of hydrogen-bond donors (Lipinski definition) is 0. The summed E-state index contributed by atoms with van der Waals surface area (Å²) >= 11 is 1.45. The van der Waals surface area contributed by atoms with Crippen molar-refractivity contribution in [1.29, 1.82) is 0 Å². The summed E-state index contributed by atoms with van der Waals surface area (Å²) in [6.07, 6.45) is 5.39. The van der Waals surface area contributed by atoms with Crippen molar-refractivity contribution in [3.05, 3.63) is 90.5 Å². The molecule has 0 spiro atoms. The number of rotatable bonds is 7. The molecule has 0 saturated carbocycles. The maximum Gasteiger partial charge on any atom is 0.237 e. The average molecular weight is 545 g/mol. The molecule has 0 bridgehead atoms. The first-order valence-corrected chi connectivity index (χ1v) is 13.1. The summed E-state index contributed by atoms with van der Waals surface area (Å²) in [5.74, 6) is -2.33. The molecule has 1 saturated heterocycles. The first-order valence-electron chi connectivity index (χ1n) is 12.3. The predicted octanol–water partition coefficient (Wildman–Crippen LogP) is 5.93. The number of imidazole rings is 1. The molecule has 5 aromatic rings. The second-order valence-corrected chi connectivity index (χ2v) is 10.4. The van der Waals surface area contributed by atoms with Gasteiger partial charge in [-0.05, 0) is 42.3 Å². The lowest BCUT2D eigenvalue weighted by molar-refractivity contribution is -0.130. The summed E-state index contributed by atoms with van der Waals surface area (Å²) < 4.78 is 37.8. The second kappa shape index (κ2) is 10.0. The molecule has 0 aliphatic carbocycles. The first kappa shape index (κ1) is 24.9. The highest BCUT2D eigenvalue weighted by Gasteiger charge is 2.38. The molecular formula is C29H22F2N4O3S. The van der Waals surface area contributed by atoms with E-state index in [-0.39, 0.29) is 36.6 Å². The molecule has 7 nitrogen and oxygen atoms in total. The van der Waals surface area contributed by atoms with Gasteiger partial charge in [-0.1, -0.05) is 18.2 Å². The Morgan fingerprint density at radius 2 is 1.92 bits per heavy atom. The number of ether oxygens (including phenoxy) is 1. The maximum absolute atomic E-state index is 15.1. The number of pyridine rings is 1. The maximum atomic E-state index is 15.1. The Morgan fingerprint density at radius 1 is 1.08 bits per heavy atom. The average Bonchev–Trinajstić information content (AvgIpc) is 3.64. The number of aryl methyl sites for hydroxylation is 1. The van der Waals surface area contributed by atoms with Gasteiger partial charge in [0, 0.05) is 38.5 Å². The molecule has 39 heavy (non-hydrogen) atoms. The van der Waals surface area contributed by atoms with Crippen LogP contribution < -0.4 is 9.64 Å². The molecule has 1 unspecified atom stereocenters. The largest absolute Gasteiger partial charge is 0.453 e. The number of hydrogen-bond acceptors (Lipinski definition) is 6. The van der Waals surface area contributed by atoms with Crippen LogP contribution in [-0.4, -0.2) is 32.8 Å². The van der Waals surface area contributed by atoms with E-state index in [9.17, 15) is 14.0 Å². The third-order valence-corrected chi connectivity index (χ3v) is 7.83. The van der Waals surface area contributed by atoms with Gasteiger partial charge in [0.25, 0.3) is 0 Å². The van der Waals surface area contributed by atoms with Crippen molar-refractivity contribution >= 4 is 38.9 Å². The normalized spacial score (nSPS) is 15.3. The van der Waals surface area contributed by atoms with Crippen molar-refractivity contribution in [3.63, 3.8) is 0 Å². The Hall–Kier alpha value is -4.44. The van der Waals surface area contributed by atoms with E-state index in [4.69, 9.17) is 4.74 Å². The summed E-state index contributed by atoms with van der Waals surface area (Å²) in [7, 11) is 1.89. The van der Waals surface area contributed by atoms with Gasteiger partial charge in [0.1, 0.15) is 17.3 Å². The highest BCUT2D eigenvalue weighted by molar-refractivity contribution is 7.22. The molecule has 1 aliphatic heterocycles. The van der Waals surface area contributed by atoms with Crippen molar-refractivity contribution in [1.82, 2.24) is 14.5 Å². The van der Waals surface area contributed by atoms with Gasteiger partial charge in [0.2, 0.25) is 5.91 Å². The molecule has 196 valence electrons. The molecule has 3 aromatic heterocycles. The zero-order chi connectivity index (χ0) is 27.1. The van der Waals surface area contributed by atoms with Crippen molar-refractivity contribution in [2.75, 3.05) is 11.4 Å². The van der Waals surface area contributed by atoms with Gasteiger partial charge in [0.05, 0.1) is 38.7 Å². The van der Waals surface area contributed by atoms with E-state index in [1.807, 2.05) is 23.9 Å². The fourth-order valence-electron chi connectivity index (χ4n) is 4.73. The van der Waals surface area contributed by atoms with Crippen molar-refractivity contribution < 1.29 is 23.1 Å². The van der Waals surface area contributed by atoms with Crippen LogP contribution in [0.1, 0.15) is 12.0 Å². The van der Waals surface area contributed by atoms with Gasteiger partial charge in [-0.25, -0.2) is 13.8 Å². The van der Waals surface area contributed by atoms with Crippen LogP contribution in [-0.2, 0) is 23.1 Å². The van der Waals surface area contributed by atoms with E-state index in [2.05, 4.69) is 9.97 Å². The number of para-hydroxylation sites is 1. The van der Waals surface area contributed by atoms with Gasteiger partial charge in [-0.2, -0.15) is 0 Å². The van der Waals surface area contributed by atoms with Crippen LogP contribution in [0.3, 0.4) is 0 Å². The molecule has 2 aromatic carbocycles. The number of thiophene rings is 1. The van der Waals surface area contributed by atoms with Crippen LogP contribution in [0.25, 0.3) is 20.8 Å². The van der Waals surface area contributed by atoms with E-state index < -0.39 is 23.5 Å². The van der Waals surface area contributed by atoms with Crippen LogP contribution in [0.2, 0.25) is 0 Å².